The van der Waals surface area contributed by atoms with E-state index in [-0.39, 0.29) is 0 Å². The Morgan fingerprint density at radius 1 is 1.47 bits per heavy atom. The number of morpholine rings is 1. The highest BCUT2D eigenvalue weighted by atomic mass is 32.2. The second kappa shape index (κ2) is 6.96. The summed E-state index contributed by atoms with van der Waals surface area (Å²) in [6, 6.07) is 2.45. The molecule has 0 radical (unpaired) electrons. The van der Waals surface area contributed by atoms with E-state index in [0.717, 1.165) is 49.5 Å². The van der Waals surface area contributed by atoms with Crippen LogP contribution in [0.1, 0.15) is 20.3 Å². The lowest BCUT2D eigenvalue weighted by Gasteiger charge is -2.36. The van der Waals surface area contributed by atoms with Gasteiger partial charge in [-0.15, -0.1) is 0 Å². The number of nitrogens with one attached hydrogen (secondary N) is 1. The van der Waals surface area contributed by atoms with Gasteiger partial charge in [0.2, 0.25) is 0 Å². The molecule has 19 heavy (non-hydrogen) atoms. The summed E-state index contributed by atoms with van der Waals surface area (Å²) in [4.78, 5) is 11.4. The van der Waals surface area contributed by atoms with Gasteiger partial charge in [0.25, 0.3) is 0 Å². The zero-order valence-corrected chi connectivity index (χ0v) is 12.7. The van der Waals surface area contributed by atoms with Crippen LogP contribution >= 0.6 is 11.8 Å². The van der Waals surface area contributed by atoms with E-state index >= 15 is 0 Å². The van der Waals surface area contributed by atoms with Gasteiger partial charge in [-0.25, -0.2) is 9.97 Å². The van der Waals surface area contributed by atoms with E-state index < -0.39 is 0 Å². The lowest BCUT2D eigenvalue weighted by atomic mass is 10.2. The van der Waals surface area contributed by atoms with Crippen molar-refractivity contribution in [2.45, 2.75) is 31.5 Å². The molecule has 6 heteroatoms. The third-order valence-corrected chi connectivity index (χ3v) is 3.77. The van der Waals surface area contributed by atoms with Crippen molar-refractivity contribution in [3.63, 3.8) is 0 Å². The van der Waals surface area contributed by atoms with Crippen molar-refractivity contribution in [1.29, 1.82) is 0 Å². The fraction of sp³-hybridized carbons (Fsp3) is 0.692. The molecule has 1 aliphatic rings. The topological polar surface area (TPSA) is 50.3 Å². The largest absolute Gasteiger partial charge is 0.377 e. The first-order chi connectivity index (χ1) is 9.28. The summed E-state index contributed by atoms with van der Waals surface area (Å²) in [5, 5.41) is 4.09. The molecule has 1 aromatic rings. The van der Waals surface area contributed by atoms with Gasteiger partial charge in [-0.1, -0.05) is 18.7 Å². The van der Waals surface area contributed by atoms with Crippen molar-refractivity contribution < 1.29 is 4.74 Å². The molecule has 0 bridgehead atoms. The average molecular weight is 282 g/mol. The van der Waals surface area contributed by atoms with Gasteiger partial charge in [-0.2, -0.15) is 0 Å². The van der Waals surface area contributed by atoms with Crippen LogP contribution in [-0.4, -0.2) is 48.6 Å². The normalized spacial score (nSPS) is 19.5. The third-order valence-electron chi connectivity index (χ3n) is 3.23. The molecule has 0 saturated carbocycles. The molecule has 1 fully saturated rings. The van der Waals surface area contributed by atoms with Crippen molar-refractivity contribution in [3.05, 3.63) is 6.07 Å². The van der Waals surface area contributed by atoms with Crippen LogP contribution in [-0.2, 0) is 4.74 Å². The Balaban J connectivity index is 2.28. The van der Waals surface area contributed by atoms with E-state index in [0.29, 0.717) is 6.04 Å². The molecule has 1 aromatic heterocycles. The van der Waals surface area contributed by atoms with Crippen LogP contribution in [0.4, 0.5) is 11.6 Å². The first-order valence-electron chi connectivity index (χ1n) is 6.79. The van der Waals surface area contributed by atoms with Gasteiger partial charge in [0.15, 0.2) is 5.16 Å². The zero-order valence-electron chi connectivity index (χ0n) is 11.8. The molecule has 0 spiro atoms. The predicted molar refractivity (Wildman–Crippen MR) is 80.2 cm³/mol. The number of thioether (sulfide) groups is 1. The molecular formula is C13H22N4OS. The molecule has 2 heterocycles. The maximum absolute atomic E-state index is 5.55. The minimum Gasteiger partial charge on any atom is -0.377 e. The molecule has 0 aliphatic carbocycles. The molecular weight excluding hydrogens is 260 g/mol. The molecule has 1 aliphatic heterocycles. The van der Waals surface area contributed by atoms with E-state index in [1.54, 1.807) is 11.8 Å². The van der Waals surface area contributed by atoms with Gasteiger partial charge >= 0.3 is 0 Å². The quantitative estimate of drug-likeness (QED) is 0.660. The van der Waals surface area contributed by atoms with Gasteiger partial charge in [-0.05, 0) is 19.6 Å². The number of hydrogen-bond donors (Lipinski definition) is 1. The number of aromatic nitrogens is 2. The van der Waals surface area contributed by atoms with E-state index in [2.05, 4.69) is 34.0 Å². The number of nitrogens with zero attached hydrogens (tertiary/aromatic N) is 3. The van der Waals surface area contributed by atoms with Crippen molar-refractivity contribution in [2.75, 3.05) is 42.8 Å². The van der Waals surface area contributed by atoms with E-state index in [1.807, 2.05) is 12.3 Å². The number of anilines is 2. The van der Waals surface area contributed by atoms with Crippen LogP contribution in [0.5, 0.6) is 0 Å². The van der Waals surface area contributed by atoms with Gasteiger partial charge in [0.05, 0.1) is 19.3 Å². The molecule has 0 aromatic carbocycles. The van der Waals surface area contributed by atoms with Crippen molar-refractivity contribution in [2.24, 2.45) is 0 Å². The monoisotopic (exact) mass is 282 g/mol. The Bertz CT molecular complexity index is 416. The van der Waals surface area contributed by atoms with E-state index in [1.165, 1.54) is 0 Å². The smallest absolute Gasteiger partial charge is 0.191 e. The van der Waals surface area contributed by atoms with Crippen LogP contribution in [0.25, 0.3) is 0 Å². The van der Waals surface area contributed by atoms with Gasteiger partial charge in [0.1, 0.15) is 11.6 Å². The van der Waals surface area contributed by atoms with Crippen LogP contribution in [0, 0.1) is 0 Å². The van der Waals surface area contributed by atoms with Crippen molar-refractivity contribution in [3.8, 4) is 0 Å². The molecule has 1 saturated heterocycles. The van der Waals surface area contributed by atoms with Gasteiger partial charge < -0.3 is 15.0 Å². The summed E-state index contributed by atoms with van der Waals surface area (Å²) < 4.78 is 5.55. The molecule has 0 amide bonds. The first-order valence-corrected chi connectivity index (χ1v) is 8.02. The Morgan fingerprint density at radius 3 is 3.00 bits per heavy atom. The van der Waals surface area contributed by atoms with Gasteiger partial charge in [0, 0.05) is 19.2 Å². The van der Waals surface area contributed by atoms with Crippen LogP contribution in [0.15, 0.2) is 11.2 Å². The summed E-state index contributed by atoms with van der Waals surface area (Å²) in [7, 11) is 0. The highest BCUT2D eigenvalue weighted by Gasteiger charge is 2.23. The molecule has 2 rings (SSSR count). The summed E-state index contributed by atoms with van der Waals surface area (Å²) in [6.07, 6.45) is 3.07. The second-order valence-electron chi connectivity index (χ2n) is 4.46. The molecule has 1 atom stereocenters. The highest BCUT2D eigenvalue weighted by Crippen LogP contribution is 2.24. The lowest BCUT2D eigenvalue weighted by molar-refractivity contribution is 0.0925. The van der Waals surface area contributed by atoms with Crippen LogP contribution in [0.3, 0.4) is 0 Å². The number of rotatable bonds is 5. The lowest BCUT2D eigenvalue weighted by Crippen LogP contribution is -2.45. The van der Waals surface area contributed by atoms with Crippen molar-refractivity contribution in [1.82, 2.24) is 9.97 Å². The molecule has 106 valence electrons. The van der Waals surface area contributed by atoms with E-state index in [9.17, 15) is 0 Å². The van der Waals surface area contributed by atoms with Crippen LogP contribution < -0.4 is 10.2 Å². The van der Waals surface area contributed by atoms with Crippen LogP contribution in [0.2, 0.25) is 0 Å². The fourth-order valence-electron chi connectivity index (χ4n) is 2.22. The summed E-state index contributed by atoms with van der Waals surface area (Å²) in [6.45, 7) is 7.58. The Kier molecular flexibility index (Phi) is 5.27. The van der Waals surface area contributed by atoms with Gasteiger partial charge in [-0.3, -0.25) is 0 Å². The van der Waals surface area contributed by atoms with E-state index in [4.69, 9.17) is 4.74 Å². The maximum Gasteiger partial charge on any atom is 0.191 e. The Labute approximate surface area is 119 Å². The van der Waals surface area contributed by atoms with Crippen molar-refractivity contribution >= 4 is 23.4 Å². The standard InChI is InChI=1S/C13H22N4OS/c1-4-10-9-18-7-6-17(10)12-8-11(14-5-2)15-13(16-12)19-3/h8,10H,4-7,9H2,1-3H3,(H,14,15,16). The third kappa shape index (κ3) is 3.51. The second-order valence-corrected chi connectivity index (χ2v) is 5.23. The summed E-state index contributed by atoms with van der Waals surface area (Å²) >= 11 is 1.58. The minimum atomic E-state index is 0.410. The fourth-order valence-corrected chi connectivity index (χ4v) is 2.59. The highest BCUT2D eigenvalue weighted by molar-refractivity contribution is 7.98. The predicted octanol–water partition coefficient (Wildman–Crippen LogP) is 2.25. The minimum absolute atomic E-state index is 0.410. The SMILES string of the molecule is CCNc1cc(N2CCOCC2CC)nc(SC)n1. The summed E-state index contributed by atoms with van der Waals surface area (Å²) in [5.41, 5.74) is 0. The number of ether oxygens (including phenoxy) is 1. The molecule has 5 nitrogen and oxygen atoms in total. The average Bonchev–Trinajstić information content (AvgIpc) is 2.47. The number of hydrogen-bond acceptors (Lipinski definition) is 6. The zero-order chi connectivity index (χ0) is 13.7. The Morgan fingerprint density at radius 2 is 2.32 bits per heavy atom. The Hall–Kier alpha value is -1.01. The maximum atomic E-state index is 5.55. The molecule has 1 N–H and O–H groups in total. The first kappa shape index (κ1) is 14.4. The molecule has 1 unspecified atom stereocenters. The summed E-state index contributed by atoms with van der Waals surface area (Å²) in [5.74, 6) is 1.91.